The van der Waals surface area contributed by atoms with Crippen molar-refractivity contribution in [2.24, 2.45) is 0 Å². The van der Waals surface area contributed by atoms with Gasteiger partial charge in [0.15, 0.2) is 5.65 Å². The highest BCUT2D eigenvalue weighted by Crippen LogP contribution is 2.29. The van der Waals surface area contributed by atoms with Gasteiger partial charge >= 0.3 is 0 Å². The molecular weight excluding hydrogens is 274 g/mol. The molecule has 5 nitrogen and oxygen atoms in total. The smallest absolute Gasteiger partial charge is 0.159 e. The van der Waals surface area contributed by atoms with E-state index >= 15 is 0 Å². The van der Waals surface area contributed by atoms with Crippen molar-refractivity contribution in [2.45, 2.75) is 45.7 Å². The highest BCUT2D eigenvalue weighted by Gasteiger charge is 2.24. The number of fused-ring (bicyclic) bond motifs is 1. The maximum atomic E-state index is 6.34. The molecule has 6 heteroatoms. The van der Waals surface area contributed by atoms with Crippen LogP contribution in [0.2, 0.25) is 0 Å². The second-order valence-electron chi connectivity index (χ2n) is 5.64. The van der Waals surface area contributed by atoms with Crippen LogP contribution < -0.4 is 0 Å². The Morgan fingerprint density at radius 1 is 1.30 bits per heavy atom. The minimum Gasteiger partial charge on any atom is -0.308 e. The van der Waals surface area contributed by atoms with E-state index < -0.39 is 0 Å². The lowest BCUT2D eigenvalue weighted by Crippen LogP contribution is -2.24. The quantitative estimate of drug-likeness (QED) is 0.797. The van der Waals surface area contributed by atoms with E-state index in [0.717, 1.165) is 35.8 Å². The van der Waals surface area contributed by atoms with Crippen LogP contribution in [0.15, 0.2) is 0 Å². The van der Waals surface area contributed by atoms with Crippen molar-refractivity contribution >= 4 is 22.8 Å². The van der Waals surface area contributed by atoms with Crippen LogP contribution in [0, 0.1) is 6.92 Å². The molecule has 0 saturated carbocycles. The Balaban J connectivity index is 2.66. The Bertz CT molecular complexity index is 596. The van der Waals surface area contributed by atoms with E-state index in [2.05, 4.69) is 42.5 Å². The Hall–Kier alpha value is -1.07. The standard InChI is InChI=1S/C14H24ClN5/c1-7-19-14-12(11(4)17-19)16-13(10(3)15)20(14)9(2)8-18(5)6/h9-10H,7-8H2,1-6H3. The second kappa shape index (κ2) is 5.74. The summed E-state index contributed by atoms with van der Waals surface area (Å²) in [6, 6.07) is 0.299. The van der Waals surface area contributed by atoms with Gasteiger partial charge in [-0.1, -0.05) is 0 Å². The number of imidazole rings is 1. The summed E-state index contributed by atoms with van der Waals surface area (Å²) in [6.07, 6.45) is 0. The monoisotopic (exact) mass is 297 g/mol. The van der Waals surface area contributed by atoms with Crippen molar-refractivity contribution in [3.05, 3.63) is 11.5 Å². The first-order valence-electron chi connectivity index (χ1n) is 7.10. The molecular formula is C14H24ClN5. The summed E-state index contributed by atoms with van der Waals surface area (Å²) >= 11 is 6.34. The molecule has 0 amide bonds. The number of alkyl halides is 1. The molecule has 0 spiro atoms. The number of aromatic nitrogens is 4. The van der Waals surface area contributed by atoms with Crippen molar-refractivity contribution in [1.82, 2.24) is 24.2 Å². The molecule has 112 valence electrons. The largest absolute Gasteiger partial charge is 0.308 e. The SMILES string of the molecule is CCn1nc(C)c2nc(C(C)Cl)n(C(C)CN(C)C)c21. The lowest BCUT2D eigenvalue weighted by atomic mass is 10.3. The number of rotatable bonds is 5. The summed E-state index contributed by atoms with van der Waals surface area (Å²) in [4.78, 5) is 6.92. The van der Waals surface area contributed by atoms with Gasteiger partial charge in [-0.25, -0.2) is 9.67 Å². The molecule has 0 aliphatic rings. The van der Waals surface area contributed by atoms with Crippen molar-refractivity contribution in [1.29, 1.82) is 0 Å². The van der Waals surface area contributed by atoms with Crippen LogP contribution in [-0.4, -0.2) is 44.9 Å². The molecule has 2 aromatic rings. The first-order valence-corrected chi connectivity index (χ1v) is 7.54. The zero-order valence-electron chi connectivity index (χ0n) is 13.2. The summed E-state index contributed by atoms with van der Waals surface area (Å²) in [5.41, 5.74) is 3.03. The summed E-state index contributed by atoms with van der Waals surface area (Å²) in [6.45, 7) is 10.1. The minimum atomic E-state index is -0.114. The number of hydrogen-bond donors (Lipinski definition) is 0. The third kappa shape index (κ3) is 2.56. The van der Waals surface area contributed by atoms with Gasteiger partial charge < -0.3 is 9.47 Å². The summed E-state index contributed by atoms with van der Waals surface area (Å²) in [7, 11) is 4.16. The van der Waals surface area contributed by atoms with E-state index in [0.29, 0.717) is 6.04 Å². The molecule has 0 bridgehead atoms. The maximum absolute atomic E-state index is 6.34. The maximum Gasteiger partial charge on any atom is 0.159 e. The van der Waals surface area contributed by atoms with Gasteiger partial charge in [0.05, 0.1) is 11.1 Å². The second-order valence-corrected chi connectivity index (χ2v) is 6.30. The average Bonchev–Trinajstić information content (AvgIpc) is 2.86. The minimum absolute atomic E-state index is 0.114. The summed E-state index contributed by atoms with van der Waals surface area (Å²) in [5, 5.41) is 4.45. The normalized spacial score (nSPS) is 15.2. The number of nitrogens with zero attached hydrogens (tertiary/aromatic N) is 5. The molecule has 0 radical (unpaired) electrons. The van der Waals surface area contributed by atoms with Crippen molar-refractivity contribution in [3.63, 3.8) is 0 Å². The van der Waals surface area contributed by atoms with Gasteiger partial charge in [-0.05, 0) is 41.8 Å². The van der Waals surface area contributed by atoms with E-state index in [1.54, 1.807) is 0 Å². The lowest BCUT2D eigenvalue weighted by molar-refractivity contribution is 0.334. The Labute approximate surface area is 125 Å². The van der Waals surface area contributed by atoms with E-state index in [1.807, 2.05) is 18.5 Å². The fourth-order valence-electron chi connectivity index (χ4n) is 2.75. The number of halogens is 1. The fourth-order valence-corrected chi connectivity index (χ4v) is 2.91. The summed E-state index contributed by atoms with van der Waals surface area (Å²) in [5.74, 6) is 0.929. The molecule has 0 fully saturated rings. The number of aryl methyl sites for hydroxylation is 2. The van der Waals surface area contributed by atoms with Crippen LogP contribution in [0.4, 0.5) is 0 Å². The predicted molar refractivity (Wildman–Crippen MR) is 83.5 cm³/mol. The van der Waals surface area contributed by atoms with E-state index in [1.165, 1.54) is 0 Å². The zero-order chi connectivity index (χ0) is 15.0. The van der Waals surface area contributed by atoms with Crippen LogP contribution in [0.25, 0.3) is 11.2 Å². The van der Waals surface area contributed by atoms with E-state index in [-0.39, 0.29) is 5.38 Å². The van der Waals surface area contributed by atoms with Crippen LogP contribution in [0.3, 0.4) is 0 Å². The van der Waals surface area contributed by atoms with Crippen molar-refractivity contribution in [2.75, 3.05) is 20.6 Å². The van der Waals surface area contributed by atoms with Gasteiger partial charge in [0, 0.05) is 19.1 Å². The van der Waals surface area contributed by atoms with Crippen molar-refractivity contribution < 1.29 is 0 Å². The van der Waals surface area contributed by atoms with Gasteiger partial charge in [0.25, 0.3) is 0 Å². The fraction of sp³-hybridized carbons (Fsp3) is 0.714. The Morgan fingerprint density at radius 3 is 2.45 bits per heavy atom. The van der Waals surface area contributed by atoms with Gasteiger partial charge in [-0.3, -0.25) is 0 Å². The van der Waals surface area contributed by atoms with Crippen LogP contribution in [0.5, 0.6) is 0 Å². The molecule has 2 heterocycles. The average molecular weight is 298 g/mol. The van der Waals surface area contributed by atoms with Crippen molar-refractivity contribution in [3.8, 4) is 0 Å². The van der Waals surface area contributed by atoms with Gasteiger partial charge in [0.1, 0.15) is 11.3 Å². The summed E-state index contributed by atoms with van der Waals surface area (Å²) < 4.78 is 4.27. The predicted octanol–water partition coefficient (Wildman–Crippen LogP) is 2.98. The number of hydrogen-bond acceptors (Lipinski definition) is 3. The molecule has 2 rings (SSSR count). The van der Waals surface area contributed by atoms with E-state index in [9.17, 15) is 0 Å². The molecule has 2 unspecified atom stereocenters. The topological polar surface area (TPSA) is 38.9 Å². The molecule has 2 atom stereocenters. The van der Waals surface area contributed by atoms with Crippen LogP contribution in [-0.2, 0) is 6.54 Å². The van der Waals surface area contributed by atoms with E-state index in [4.69, 9.17) is 16.6 Å². The van der Waals surface area contributed by atoms with Crippen LogP contribution >= 0.6 is 11.6 Å². The van der Waals surface area contributed by atoms with Crippen LogP contribution in [0.1, 0.15) is 43.7 Å². The zero-order valence-corrected chi connectivity index (χ0v) is 13.9. The van der Waals surface area contributed by atoms with Gasteiger partial charge in [0.2, 0.25) is 0 Å². The molecule has 0 aliphatic heterocycles. The van der Waals surface area contributed by atoms with Gasteiger partial charge in [-0.15, -0.1) is 11.6 Å². The third-order valence-electron chi connectivity index (χ3n) is 3.50. The highest BCUT2D eigenvalue weighted by atomic mass is 35.5. The molecule has 0 saturated heterocycles. The first kappa shape index (κ1) is 15.3. The molecule has 0 aliphatic carbocycles. The Kier molecular flexibility index (Phi) is 4.39. The lowest BCUT2D eigenvalue weighted by Gasteiger charge is -2.22. The molecule has 20 heavy (non-hydrogen) atoms. The highest BCUT2D eigenvalue weighted by molar-refractivity contribution is 6.20. The molecule has 0 N–H and O–H groups in total. The third-order valence-corrected chi connectivity index (χ3v) is 3.69. The molecule has 2 aromatic heterocycles. The van der Waals surface area contributed by atoms with Gasteiger partial charge in [-0.2, -0.15) is 5.10 Å². The first-order chi connectivity index (χ1) is 9.36. The number of likely N-dealkylation sites (N-methyl/N-ethyl adjacent to an activating group) is 1. The Morgan fingerprint density at radius 2 is 1.95 bits per heavy atom. The molecule has 0 aromatic carbocycles.